The van der Waals surface area contributed by atoms with Crippen LogP contribution in [0.2, 0.25) is 5.15 Å². The molecular weight excluding hydrogens is 376 g/mol. The van der Waals surface area contributed by atoms with E-state index in [-0.39, 0.29) is 11.9 Å². The van der Waals surface area contributed by atoms with E-state index in [1.54, 1.807) is 15.7 Å². The number of likely N-dealkylation sites (tertiary alicyclic amines) is 1. The van der Waals surface area contributed by atoms with Crippen LogP contribution in [0.1, 0.15) is 43.9 Å². The first-order chi connectivity index (χ1) is 12.2. The van der Waals surface area contributed by atoms with E-state index in [4.69, 9.17) is 11.6 Å². The molecule has 1 aliphatic heterocycles. The lowest BCUT2D eigenvalue weighted by atomic mass is 10.1. The molecule has 1 aromatic heterocycles. The maximum absolute atomic E-state index is 12.4. The summed E-state index contributed by atoms with van der Waals surface area (Å²) in [6, 6.07) is -0.105. The predicted molar refractivity (Wildman–Crippen MR) is 103 cm³/mol. The molecule has 1 amide bonds. The zero-order valence-electron chi connectivity index (χ0n) is 15.5. The Morgan fingerprint density at radius 1 is 1.38 bits per heavy atom. The van der Waals surface area contributed by atoms with Crippen molar-refractivity contribution in [3.05, 3.63) is 22.5 Å². The summed E-state index contributed by atoms with van der Waals surface area (Å²) in [5.41, 5.74) is 1.57. The highest BCUT2D eigenvalue weighted by Gasteiger charge is 2.23. The number of hydrogen-bond donors (Lipinski definition) is 1. The van der Waals surface area contributed by atoms with Crippen LogP contribution in [0.5, 0.6) is 0 Å². The van der Waals surface area contributed by atoms with Gasteiger partial charge in [-0.25, -0.2) is 13.1 Å². The maximum atomic E-state index is 12.4. The van der Waals surface area contributed by atoms with Gasteiger partial charge in [-0.05, 0) is 32.3 Å². The Morgan fingerprint density at radius 3 is 2.62 bits per heavy atom. The number of sulfonamides is 1. The molecule has 1 saturated heterocycles. The first-order valence-electron chi connectivity index (χ1n) is 8.88. The number of aryl methyl sites for hydroxylation is 2. The summed E-state index contributed by atoms with van der Waals surface area (Å²) in [5, 5.41) is 4.98. The number of piperidine rings is 1. The molecule has 2 heterocycles. The molecule has 1 fully saturated rings. The molecule has 0 radical (unpaired) electrons. The summed E-state index contributed by atoms with van der Waals surface area (Å²) >= 11 is 6.37. The van der Waals surface area contributed by atoms with Gasteiger partial charge in [-0.3, -0.25) is 9.48 Å². The van der Waals surface area contributed by atoms with E-state index in [0.29, 0.717) is 31.1 Å². The molecule has 1 aliphatic rings. The van der Waals surface area contributed by atoms with Crippen LogP contribution in [-0.4, -0.2) is 54.4 Å². The Bertz CT molecular complexity index is 765. The lowest BCUT2D eigenvalue weighted by Crippen LogP contribution is -2.45. The van der Waals surface area contributed by atoms with Gasteiger partial charge in [-0.15, -0.1) is 0 Å². The molecule has 7 nitrogen and oxygen atoms in total. The molecule has 0 aromatic carbocycles. The van der Waals surface area contributed by atoms with Gasteiger partial charge in [0.1, 0.15) is 5.15 Å². The van der Waals surface area contributed by atoms with Crippen molar-refractivity contribution >= 4 is 33.6 Å². The number of carbonyl (C=O) groups excluding carboxylic acids is 1. The van der Waals surface area contributed by atoms with E-state index in [0.717, 1.165) is 36.9 Å². The SMILES string of the molecule is CCCCn1nc(C)c(/C=C/C(=O)N2CCC(NS(C)(=O)=O)CC2)c1Cl. The molecule has 1 N–H and O–H groups in total. The number of unbranched alkanes of at least 4 members (excludes halogenated alkanes) is 1. The highest BCUT2D eigenvalue weighted by atomic mass is 35.5. The molecule has 0 unspecified atom stereocenters. The maximum Gasteiger partial charge on any atom is 0.246 e. The third-order valence-corrected chi connectivity index (χ3v) is 5.57. The van der Waals surface area contributed by atoms with E-state index < -0.39 is 10.0 Å². The van der Waals surface area contributed by atoms with Crippen molar-refractivity contribution in [1.82, 2.24) is 19.4 Å². The van der Waals surface area contributed by atoms with Gasteiger partial charge in [0.05, 0.1) is 11.9 Å². The quantitative estimate of drug-likeness (QED) is 0.708. The standard InChI is InChI=1S/C17H27ClN4O3S/c1-4-5-10-22-17(18)15(13(2)19-22)6-7-16(23)21-11-8-14(9-12-21)20-26(3,24)25/h6-7,14,20H,4-5,8-12H2,1-3H3/b7-6+. The molecule has 2 rings (SSSR count). The summed E-state index contributed by atoms with van der Waals surface area (Å²) in [5.74, 6) is -0.0976. The van der Waals surface area contributed by atoms with Crippen molar-refractivity contribution < 1.29 is 13.2 Å². The van der Waals surface area contributed by atoms with Crippen molar-refractivity contribution in [2.45, 2.75) is 52.1 Å². The number of aromatic nitrogens is 2. The van der Waals surface area contributed by atoms with Crippen molar-refractivity contribution in [3.8, 4) is 0 Å². The predicted octanol–water partition coefficient (Wildman–Crippen LogP) is 2.20. The first kappa shape index (κ1) is 20.9. The van der Waals surface area contributed by atoms with Crippen molar-refractivity contribution in [2.24, 2.45) is 0 Å². The summed E-state index contributed by atoms with van der Waals surface area (Å²) in [4.78, 5) is 14.1. The second kappa shape index (κ2) is 9.01. The Kier molecular flexibility index (Phi) is 7.25. The molecule has 0 saturated carbocycles. The van der Waals surface area contributed by atoms with Crippen LogP contribution >= 0.6 is 11.6 Å². The van der Waals surface area contributed by atoms with Gasteiger partial charge >= 0.3 is 0 Å². The Hall–Kier alpha value is -1.38. The smallest absolute Gasteiger partial charge is 0.246 e. The minimum atomic E-state index is -3.21. The number of halogens is 1. The average molecular weight is 403 g/mol. The molecular formula is C17H27ClN4O3S. The van der Waals surface area contributed by atoms with E-state index in [1.165, 1.54) is 6.08 Å². The average Bonchev–Trinajstić information content (AvgIpc) is 2.83. The minimum absolute atomic E-state index is 0.0976. The minimum Gasteiger partial charge on any atom is -0.339 e. The van der Waals surface area contributed by atoms with E-state index in [1.807, 2.05) is 6.92 Å². The van der Waals surface area contributed by atoms with Gasteiger partial charge in [-0.1, -0.05) is 24.9 Å². The largest absolute Gasteiger partial charge is 0.339 e. The van der Waals surface area contributed by atoms with Crippen LogP contribution in [-0.2, 0) is 21.4 Å². The summed E-state index contributed by atoms with van der Waals surface area (Å²) < 4.78 is 26.9. The summed E-state index contributed by atoms with van der Waals surface area (Å²) in [6.45, 7) is 5.80. The molecule has 0 spiro atoms. The molecule has 0 atom stereocenters. The van der Waals surface area contributed by atoms with Crippen LogP contribution in [0.15, 0.2) is 6.08 Å². The number of nitrogens with one attached hydrogen (secondary N) is 1. The Labute approximate surface area is 160 Å². The molecule has 0 bridgehead atoms. The molecule has 1 aromatic rings. The molecule has 9 heteroatoms. The van der Waals surface area contributed by atoms with Gasteiger partial charge < -0.3 is 4.90 Å². The number of nitrogens with zero attached hydrogens (tertiary/aromatic N) is 3. The number of hydrogen-bond acceptors (Lipinski definition) is 4. The van der Waals surface area contributed by atoms with Crippen LogP contribution in [0.4, 0.5) is 0 Å². The molecule has 26 heavy (non-hydrogen) atoms. The zero-order valence-corrected chi connectivity index (χ0v) is 17.1. The van der Waals surface area contributed by atoms with E-state index in [9.17, 15) is 13.2 Å². The van der Waals surface area contributed by atoms with Crippen molar-refractivity contribution in [2.75, 3.05) is 19.3 Å². The van der Waals surface area contributed by atoms with Crippen LogP contribution in [0, 0.1) is 6.92 Å². The third kappa shape index (κ3) is 5.82. The fourth-order valence-corrected chi connectivity index (χ4v) is 4.16. The van der Waals surface area contributed by atoms with E-state index >= 15 is 0 Å². The zero-order chi connectivity index (χ0) is 19.3. The second-order valence-corrected chi connectivity index (χ2v) is 8.83. The van der Waals surface area contributed by atoms with Gasteiger partial charge in [0.2, 0.25) is 15.9 Å². The lowest BCUT2D eigenvalue weighted by molar-refractivity contribution is -0.126. The normalized spacial score (nSPS) is 16.5. The van der Waals surface area contributed by atoms with Gasteiger partial charge in [0, 0.05) is 37.3 Å². The topological polar surface area (TPSA) is 84.3 Å². The monoisotopic (exact) mass is 402 g/mol. The van der Waals surface area contributed by atoms with Gasteiger partial charge in [0.15, 0.2) is 0 Å². The Balaban J connectivity index is 1.95. The van der Waals surface area contributed by atoms with Crippen molar-refractivity contribution in [3.63, 3.8) is 0 Å². The number of amides is 1. The second-order valence-electron chi connectivity index (χ2n) is 6.69. The first-order valence-corrected chi connectivity index (χ1v) is 11.2. The number of carbonyl (C=O) groups is 1. The van der Waals surface area contributed by atoms with Crippen LogP contribution < -0.4 is 4.72 Å². The van der Waals surface area contributed by atoms with E-state index in [2.05, 4.69) is 16.7 Å². The highest BCUT2D eigenvalue weighted by molar-refractivity contribution is 7.88. The van der Waals surface area contributed by atoms with Gasteiger partial charge in [0.25, 0.3) is 0 Å². The summed E-state index contributed by atoms with van der Waals surface area (Å²) in [7, 11) is -3.21. The van der Waals surface area contributed by atoms with Crippen molar-refractivity contribution in [1.29, 1.82) is 0 Å². The Morgan fingerprint density at radius 2 is 2.04 bits per heavy atom. The van der Waals surface area contributed by atoms with Crippen LogP contribution in [0.25, 0.3) is 6.08 Å². The number of rotatable bonds is 7. The molecule has 146 valence electrons. The lowest BCUT2D eigenvalue weighted by Gasteiger charge is -2.31. The van der Waals surface area contributed by atoms with Gasteiger partial charge in [-0.2, -0.15) is 5.10 Å². The highest BCUT2D eigenvalue weighted by Crippen LogP contribution is 2.22. The third-order valence-electron chi connectivity index (χ3n) is 4.41. The fourth-order valence-electron chi connectivity index (χ4n) is 2.99. The van der Waals surface area contributed by atoms with Crippen LogP contribution in [0.3, 0.4) is 0 Å². The fraction of sp³-hybridized carbons (Fsp3) is 0.647. The molecule has 0 aliphatic carbocycles. The summed E-state index contributed by atoms with van der Waals surface area (Å²) in [6.07, 6.45) is 7.67.